The van der Waals surface area contributed by atoms with Crippen LogP contribution in [0.5, 0.6) is 0 Å². The van der Waals surface area contributed by atoms with Gasteiger partial charge in [0, 0.05) is 0 Å². The summed E-state index contributed by atoms with van der Waals surface area (Å²) in [5.41, 5.74) is -1.12. The van der Waals surface area contributed by atoms with Gasteiger partial charge in [0.1, 0.15) is 10.8 Å². The molecule has 0 radical (unpaired) electrons. The first-order valence-corrected chi connectivity index (χ1v) is 9.08. The Labute approximate surface area is 172 Å². The number of benzene rings is 1. The molecule has 0 aliphatic heterocycles. The zero-order valence-electron chi connectivity index (χ0n) is 15.8. The summed E-state index contributed by atoms with van der Waals surface area (Å²) in [7, 11) is 0. The van der Waals surface area contributed by atoms with Gasteiger partial charge in [0.25, 0.3) is 0 Å². The molecular formula is C18H20Cl2N4O4. The van der Waals surface area contributed by atoms with E-state index in [4.69, 9.17) is 38.5 Å². The van der Waals surface area contributed by atoms with E-state index in [0.29, 0.717) is 10.7 Å². The van der Waals surface area contributed by atoms with E-state index in [0.717, 1.165) is 0 Å². The van der Waals surface area contributed by atoms with Crippen molar-refractivity contribution in [3.63, 3.8) is 0 Å². The number of para-hydroxylation sites is 1. The van der Waals surface area contributed by atoms with Crippen molar-refractivity contribution in [2.24, 2.45) is 10.9 Å². The minimum atomic E-state index is -0.860. The largest absolute Gasteiger partial charge is 0.461 e. The molecule has 0 aliphatic carbocycles. The maximum atomic E-state index is 12.6. The van der Waals surface area contributed by atoms with Crippen molar-refractivity contribution in [3.05, 3.63) is 45.7 Å². The Bertz CT molecular complexity index is 932. The number of hydrazone groups is 1. The van der Waals surface area contributed by atoms with Crippen LogP contribution in [0.3, 0.4) is 0 Å². The summed E-state index contributed by atoms with van der Waals surface area (Å²) in [4.78, 5) is 25.0. The van der Waals surface area contributed by atoms with Crippen LogP contribution < -0.4 is 5.84 Å². The first kappa shape index (κ1) is 21.7. The average Bonchev–Trinajstić information content (AvgIpc) is 2.92. The number of nitrogens with zero attached hydrogens (tertiary/aromatic N) is 3. The number of nitrogens with two attached hydrogens (primary N) is 1. The molecule has 0 bridgehead atoms. The van der Waals surface area contributed by atoms with Crippen LogP contribution >= 0.6 is 23.2 Å². The SMILES string of the molecule is CCOC(=O)c1nn(-c2ccccc2Cl)c(Cl)c1C(=NN)C(=O)OC(C)(C)C. The van der Waals surface area contributed by atoms with Crippen molar-refractivity contribution in [1.29, 1.82) is 0 Å². The predicted octanol–water partition coefficient (Wildman–Crippen LogP) is 3.36. The Balaban J connectivity index is 2.69. The van der Waals surface area contributed by atoms with Gasteiger partial charge in [0.05, 0.1) is 22.9 Å². The third-order valence-electron chi connectivity index (χ3n) is 3.34. The minimum absolute atomic E-state index is 0.0915. The molecule has 0 unspecified atom stereocenters. The summed E-state index contributed by atoms with van der Waals surface area (Å²) in [6.07, 6.45) is 0. The van der Waals surface area contributed by atoms with E-state index in [2.05, 4.69) is 10.2 Å². The first-order valence-electron chi connectivity index (χ1n) is 8.32. The van der Waals surface area contributed by atoms with Gasteiger partial charge in [-0.2, -0.15) is 10.2 Å². The Morgan fingerprint density at radius 1 is 1.25 bits per heavy atom. The number of carbonyl (C=O) groups excluding carboxylic acids is 2. The molecular weight excluding hydrogens is 407 g/mol. The molecule has 0 saturated carbocycles. The van der Waals surface area contributed by atoms with E-state index in [9.17, 15) is 9.59 Å². The Hall–Kier alpha value is -2.58. The molecule has 10 heteroatoms. The number of aromatic nitrogens is 2. The van der Waals surface area contributed by atoms with Crippen LogP contribution in [0.25, 0.3) is 5.69 Å². The van der Waals surface area contributed by atoms with E-state index in [1.165, 1.54) is 4.68 Å². The highest BCUT2D eigenvalue weighted by molar-refractivity contribution is 6.48. The summed E-state index contributed by atoms with van der Waals surface area (Å²) in [6.45, 7) is 6.77. The Kier molecular flexibility index (Phi) is 6.69. The van der Waals surface area contributed by atoms with Crippen LogP contribution in [-0.2, 0) is 14.3 Å². The van der Waals surface area contributed by atoms with Gasteiger partial charge < -0.3 is 15.3 Å². The van der Waals surface area contributed by atoms with Gasteiger partial charge in [-0.25, -0.2) is 14.3 Å². The summed E-state index contributed by atoms with van der Waals surface area (Å²) in [5.74, 6) is 3.77. The van der Waals surface area contributed by atoms with Crippen molar-refractivity contribution in [2.45, 2.75) is 33.3 Å². The molecule has 1 aromatic heterocycles. The lowest BCUT2D eigenvalue weighted by molar-refractivity contribution is -0.146. The fourth-order valence-corrected chi connectivity index (χ4v) is 2.80. The molecule has 2 rings (SSSR count). The summed E-state index contributed by atoms with van der Waals surface area (Å²) >= 11 is 12.7. The highest BCUT2D eigenvalue weighted by Gasteiger charge is 2.33. The second-order valence-electron chi connectivity index (χ2n) is 6.58. The third-order valence-corrected chi connectivity index (χ3v) is 4.01. The van der Waals surface area contributed by atoms with Crippen molar-refractivity contribution in [1.82, 2.24) is 9.78 Å². The number of halogens is 2. The number of hydrogen-bond acceptors (Lipinski definition) is 7. The van der Waals surface area contributed by atoms with Gasteiger partial charge in [0.2, 0.25) is 0 Å². The maximum Gasteiger partial charge on any atom is 0.360 e. The van der Waals surface area contributed by atoms with E-state index < -0.39 is 17.5 Å². The number of rotatable bonds is 5. The lowest BCUT2D eigenvalue weighted by Crippen LogP contribution is -2.31. The van der Waals surface area contributed by atoms with Crippen LogP contribution in [0, 0.1) is 0 Å². The molecule has 8 nitrogen and oxygen atoms in total. The highest BCUT2D eigenvalue weighted by Crippen LogP contribution is 2.29. The number of carbonyl (C=O) groups is 2. The predicted molar refractivity (Wildman–Crippen MR) is 106 cm³/mol. The lowest BCUT2D eigenvalue weighted by atomic mass is 10.1. The molecule has 2 aromatic rings. The number of ether oxygens (including phenoxy) is 2. The van der Waals surface area contributed by atoms with Gasteiger partial charge in [-0.15, -0.1) is 0 Å². The second kappa shape index (κ2) is 8.62. The third kappa shape index (κ3) is 4.63. The molecule has 150 valence electrons. The fourth-order valence-electron chi connectivity index (χ4n) is 2.28. The standard InChI is InChI=1S/C18H20Cl2N4O4/c1-5-27-16(25)14-12(13(22-21)17(26)28-18(2,3)4)15(20)24(23-14)11-9-7-6-8-10(11)19/h6-9H,5,21H2,1-4H3. The quantitative estimate of drug-likeness (QED) is 0.339. The van der Waals surface area contributed by atoms with Crippen LogP contribution in [-0.4, -0.2) is 39.6 Å². The van der Waals surface area contributed by atoms with E-state index in [1.54, 1.807) is 52.0 Å². The van der Waals surface area contributed by atoms with Gasteiger partial charge in [0.15, 0.2) is 11.4 Å². The average molecular weight is 427 g/mol. The van der Waals surface area contributed by atoms with Crippen LogP contribution in [0.1, 0.15) is 43.7 Å². The zero-order valence-corrected chi connectivity index (χ0v) is 17.3. The van der Waals surface area contributed by atoms with Crippen molar-refractivity contribution in [2.75, 3.05) is 6.61 Å². The first-order chi connectivity index (χ1) is 13.1. The second-order valence-corrected chi connectivity index (χ2v) is 7.34. The Morgan fingerprint density at radius 3 is 2.43 bits per heavy atom. The zero-order chi connectivity index (χ0) is 21.1. The maximum absolute atomic E-state index is 12.6. The van der Waals surface area contributed by atoms with Crippen LogP contribution in [0.15, 0.2) is 29.4 Å². The van der Waals surface area contributed by atoms with E-state index in [-0.39, 0.29) is 28.7 Å². The van der Waals surface area contributed by atoms with Crippen molar-refractivity contribution in [3.8, 4) is 5.69 Å². The fraction of sp³-hybridized carbons (Fsp3) is 0.333. The molecule has 0 aliphatic rings. The summed E-state index contributed by atoms with van der Waals surface area (Å²) in [6, 6.07) is 6.72. The molecule has 28 heavy (non-hydrogen) atoms. The number of hydrogen-bond donors (Lipinski definition) is 1. The van der Waals surface area contributed by atoms with Gasteiger partial charge >= 0.3 is 11.9 Å². The summed E-state index contributed by atoms with van der Waals surface area (Å²) in [5, 5.41) is 7.93. The topological polar surface area (TPSA) is 109 Å². The van der Waals surface area contributed by atoms with E-state index >= 15 is 0 Å². The van der Waals surface area contributed by atoms with Gasteiger partial charge in [-0.1, -0.05) is 35.3 Å². The van der Waals surface area contributed by atoms with Gasteiger partial charge in [-0.05, 0) is 39.8 Å². The van der Waals surface area contributed by atoms with E-state index in [1.807, 2.05) is 0 Å². The highest BCUT2D eigenvalue weighted by atomic mass is 35.5. The lowest BCUT2D eigenvalue weighted by Gasteiger charge is -2.19. The minimum Gasteiger partial charge on any atom is -0.461 e. The monoisotopic (exact) mass is 426 g/mol. The molecule has 1 aromatic carbocycles. The molecule has 0 fully saturated rings. The molecule has 1 heterocycles. The van der Waals surface area contributed by atoms with Crippen LogP contribution in [0.2, 0.25) is 10.2 Å². The Morgan fingerprint density at radius 2 is 1.89 bits per heavy atom. The number of esters is 2. The van der Waals surface area contributed by atoms with Gasteiger partial charge in [-0.3, -0.25) is 0 Å². The molecule has 0 spiro atoms. The smallest absolute Gasteiger partial charge is 0.360 e. The molecule has 2 N–H and O–H groups in total. The molecule has 0 saturated heterocycles. The summed E-state index contributed by atoms with van der Waals surface area (Å²) < 4.78 is 11.5. The van der Waals surface area contributed by atoms with Crippen molar-refractivity contribution >= 4 is 40.9 Å². The molecule has 0 atom stereocenters. The van der Waals surface area contributed by atoms with Crippen molar-refractivity contribution < 1.29 is 19.1 Å². The van der Waals surface area contributed by atoms with Crippen LogP contribution in [0.4, 0.5) is 0 Å². The molecule has 0 amide bonds. The normalized spacial score (nSPS) is 12.0.